The number of nitrogens with zero attached hydrogens (tertiary/aromatic N) is 5. The molecule has 1 saturated carbocycles. The average Bonchev–Trinajstić information content (AvgIpc) is 3.60. The Bertz CT molecular complexity index is 1420. The number of hydrogen-bond acceptors (Lipinski definition) is 5. The smallest absolute Gasteiger partial charge is 0.255 e. The third-order valence-corrected chi connectivity index (χ3v) is 6.83. The molecule has 3 heterocycles. The minimum atomic E-state index is -0.110. The third-order valence-electron chi connectivity index (χ3n) is 6.83. The van der Waals surface area contributed by atoms with Gasteiger partial charge in [-0.2, -0.15) is 5.10 Å². The summed E-state index contributed by atoms with van der Waals surface area (Å²) in [7, 11) is 0. The van der Waals surface area contributed by atoms with Gasteiger partial charge in [0.1, 0.15) is 0 Å². The molecule has 2 aliphatic carbocycles. The number of carbonyl (C=O) groups is 1. The third kappa shape index (κ3) is 4.22. The standard InChI is InChI=1S/C28H28N6O/c1-17-6-5-8-22(31-17)14-18(2)32-27(35)24-16-30-34(26(24)20-11-12-20)28-29-15-21-13-10-19-7-3-4-9-23(19)25(21)33-28/h3-9,15-16,18,20H,10-14H2,1-2H3,(H,32,35)/t18-/m0/s1. The van der Waals surface area contributed by atoms with Crippen LogP contribution in [0.1, 0.15) is 64.2 Å². The second-order valence-electron chi connectivity index (χ2n) is 9.68. The maximum absolute atomic E-state index is 13.3. The molecular weight excluding hydrogens is 436 g/mol. The molecular formula is C28H28N6O. The highest BCUT2D eigenvalue weighted by Gasteiger charge is 2.34. The largest absolute Gasteiger partial charge is 0.349 e. The van der Waals surface area contributed by atoms with Gasteiger partial charge in [0, 0.05) is 41.5 Å². The summed E-state index contributed by atoms with van der Waals surface area (Å²) < 4.78 is 1.77. The van der Waals surface area contributed by atoms with E-state index in [0.29, 0.717) is 23.9 Å². The molecule has 6 rings (SSSR count). The van der Waals surface area contributed by atoms with E-state index in [1.807, 2.05) is 38.2 Å². The molecule has 176 valence electrons. The maximum atomic E-state index is 13.3. The van der Waals surface area contributed by atoms with Crippen LogP contribution in [-0.4, -0.2) is 36.7 Å². The van der Waals surface area contributed by atoms with Gasteiger partial charge in [0.05, 0.1) is 23.1 Å². The van der Waals surface area contributed by atoms with E-state index >= 15 is 0 Å². The predicted molar refractivity (Wildman–Crippen MR) is 134 cm³/mol. The Balaban J connectivity index is 1.29. The minimum Gasteiger partial charge on any atom is -0.349 e. The Labute approximate surface area is 204 Å². The molecule has 1 amide bonds. The van der Waals surface area contributed by atoms with E-state index in [-0.39, 0.29) is 11.9 Å². The van der Waals surface area contributed by atoms with Crippen molar-refractivity contribution in [3.8, 4) is 17.2 Å². The molecule has 1 atom stereocenters. The van der Waals surface area contributed by atoms with E-state index in [4.69, 9.17) is 4.98 Å². The van der Waals surface area contributed by atoms with Gasteiger partial charge in [-0.25, -0.2) is 14.6 Å². The van der Waals surface area contributed by atoms with Gasteiger partial charge in [-0.3, -0.25) is 9.78 Å². The number of hydrogen-bond donors (Lipinski definition) is 1. The second kappa shape index (κ2) is 8.73. The lowest BCUT2D eigenvalue weighted by molar-refractivity contribution is 0.0939. The van der Waals surface area contributed by atoms with Crippen molar-refractivity contribution in [2.24, 2.45) is 0 Å². The monoisotopic (exact) mass is 464 g/mol. The molecule has 0 bridgehead atoms. The molecule has 2 aliphatic rings. The molecule has 0 unspecified atom stereocenters. The van der Waals surface area contributed by atoms with Crippen LogP contribution in [0.3, 0.4) is 0 Å². The van der Waals surface area contributed by atoms with E-state index < -0.39 is 0 Å². The van der Waals surface area contributed by atoms with E-state index in [9.17, 15) is 4.79 Å². The van der Waals surface area contributed by atoms with Gasteiger partial charge in [0.15, 0.2) is 0 Å². The summed E-state index contributed by atoms with van der Waals surface area (Å²) in [6.45, 7) is 3.98. The lowest BCUT2D eigenvalue weighted by Crippen LogP contribution is -2.34. The second-order valence-corrected chi connectivity index (χ2v) is 9.68. The van der Waals surface area contributed by atoms with Gasteiger partial charge in [0.25, 0.3) is 11.9 Å². The molecule has 1 N–H and O–H groups in total. The van der Waals surface area contributed by atoms with Crippen LogP contribution in [0.5, 0.6) is 0 Å². The van der Waals surface area contributed by atoms with Crippen LogP contribution < -0.4 is 5.32 Å². The molecule has 4 aromatic rings. The van der Waals surface area contributed by atoms with Gasteiger partial charge >= 0.3 is 0 Å². The van der Waals surface area contributed by atoms with Crippen molar-refractivity contribution in [2.45, 2.75) is 57.9 Å². The van der Waals surface area contributed by atoms with Crippen LogP contribution in [0.25, 0.3) is 17.2 Å². The number of benzene rings is 1. The van der Waals surface area contributed by atoms with Crippen molar-refractivity contribution in [1.82, 2.24) is 30.0 Å². The number of carbonyl (C=O) groups excluding carboxylic acids is 1. The number of aromatic nitrogens is 5. The summed E-state index contributed by atoms with van der Waals surface area (Å²) in [6, 6.07) is 14.3. The number of aryl methyl sites for hydroxylation is 3. The predicted octanol–water partition coefficient (Wildman–Crippen LogP) is 4.37. The zero-order valence-electron chi connectivity index (χ0n) is 20.0. The number of pyridine rings is 1. The Morgan fingerprint density at radius 3 is 2.71 bits per heavy atom. The first-order chi connectivity index (χ1) is 17.1. The minimum absolute atomic E-state index is 0.0521. The highest BCUT2D eigenvalue weighted by molar-refractivity contribution is 5.95. The number of nitrogens with one attached hydrogen (secondary N) is 1. The van der Waals surface area contributed by atoms with Gasteiger partial charge in [-0.15, -0.1) is 0 Å². The lowest BCUT2D eigenvalue weighted by Gasteiger charge is -2.19. The molecule has 35 heavy (non-hydrogen) atoms. The molecule has 0 aliphatic heterocycles. The molecule has 7 heteroatoms. The van der Waals surface area contributed by atoms with E-state index in [0.717, 1.165) is 59.6 Å². The topological polar surface area (TPSA) is 85.6 Å². The number of fused-ring (bicyclic) bond motifs is 3. The Morgan fingerprint density at radius 1 is 1.06 bits per heavy atom. The Morgan fingerprint density at radius 2 is 1.89 bits per heavy atom. The molecule has 0 saturated heterocycles. The first-order valence-corrected chi connectivity index (χ1v) is 12.3. The first-order valence-electron chi connectivity index (χ1n) is 12.3. The van der Waals surface area contributed by atoms with Crippen molar-refractivity contribution in [1.29, 1.82) is 0 Å². The van der Waals surface area contributed by atoms with Gasteiger partial charge < -0.3 is 5.32 Å². The van der Waals surface area contributed by atoms with Crippen molar-refractivity contribution in [3.63, 3.8) is 0 Å². The SMILES string of the molecule is Cc1cccc(C[C@H](C)NC(=O)c2cnn(-c3ncc4c(n3)-c3ccccc3CC4)c2C2CC2)n1. The summed E-state index contributed by atoms with van der Waals surface area (Å²) in [5.74, 6) is 0.721. The van der Waals surface area contributed by atoms with Crippen LogP contribution in [-0.2, 0) is 19.3 Å². The van der Waals surface area contributed by atoms with E-state index in [1.165, 1.54) is 5.56 Å². The number of amides is 1. The quantitative estimate of drug-likeness (QED) is 0.458. The molecule has 3 aromatic heterocycles. The van der Waals surface area contributed by atoms with Crippen LogP contribution in [0.15, 0.2) is 54.9 Å². The molecule has 0 radical (unpaired) electrons. The summed E-state index contributed by atoms with van der Waals surface area (Å²) in [4.78, 5) is 27.4. The maximum Gasteiger partial charge on any atom is 0.255 e. The zero-order valence-corrected chi connectivity index (χ0v) is 20.0. The van der Waals surface area contributed by atoms with Gasteiger partial charge in [0.2, 0.25) is 0 Å². The summed E-state index contributed by atoms with van der Waals surface area (Å²) in [5, 5.41) is 7.74. The highest BCUT2D eigenvalue weighted by atomic mass is 16.1. The fraction of sp³-hybridized carbons (Fsp3) is 0.321. The molecule has 0 spiro atoms. The van der Waals surface area contributed by atoms with Crippen molar-refractivity contribution >= 4 is 5.91 Å². The lowest BCUT2D eigenvalue weighted by atomic mass is 9.90. The Kier molecular flexibility index (Phi) is 5.40. The summed E-state index contributed by atoms with van der Waals surface area (Å²) >= 11 is 0. The normalized spacial score (nSPS) is 15.3. The molecule has 1 fully saturated rings. The fourth-order valence-electron chi connectivity index (χ4n) is 4.98. The van der Waals surface area contributed by atoms with E-state index in [1.54, 1.807) is 10.9 Å². The summed E-state index contributed by atoms with van der Waals surface area (Å²) in [6.07, 6.45) is 8.28. The van der Waals surface area contributed by atoms with Gasteiger partial charge in [-0.05, 0) is 62.8 Å². The van der Waals surface area contributed by atoms with Gasteiger partial charge in [-0.1, -0.05) is 30.3 Å². The van der Waals surface area contributed by atoms with Crippen molar-refractivity contribution in [2.75, 3.05) is 0 Å². The fourth-order valence-corrected chi connectivity index (χ4v) is 4.98. The molecule has 7 nitrogen and oxygen atoms in total. The van der Waals surface area contributed by atoms with Crippen LogP contribution in [0.4, 0.5) is 0 Å². The number of rotatable bonds is 6. The van der Waals surface area contributed by atoms with Crippen molar-refractivity contribution < 1.29 is 4.79 Å². The van der Waals surface area contributed by atoms with Crippen LogP contribution in [0.2, 0.25) is 0 Å². The van der Waals surface area contributed by atoms with Crippen molar-refractivity contribution in [3.05, 3.63) is 88.6 Å². The molecule has 1 aromatic carbocycles. The zero-order chi connectivity index (χ0) is 23.9. The Hall–Kier alpha value is -3.87. The highest BCUT2D eigenvalue weighted by Crippen LogP contribution is 2.42. The van der Waals surface area contributed by atoms with Crippen LogP contribution >= 0.6 is 0 Å². The average molecular weight is 465 g/mol. The summed E-state index contributed by atoms with van der Waals surface area (Å²) in [5.41, 5.74) is 8.07. The first kappa shape index (κ1) is 21.6. The van der Waals surface area contributed by atoms with E-state index in [2.05, 4.69) is 44.6 Å². The van der Waals surface area contributed by atoms with Crippen LogP contribution in [0, 0.1) is 6.92 Å².